The average molecular weight is 520 g/mol. The minimum atomic E-state index is -3.88. The van der Waals surface area contributed by atoms with E-state index < -0.39 is 10.0 Å². The number of anilines is 1. The molecule has 1 aromatic heterocycles. The van der Waals surface area contributed by atoms with Gasteiger partial charge in [-0.3, -0.25) is 14.4 Å². The van der Waals surface area contributed by atoms with E-state index >= 15 is 0 Å². The number of nitrogens with one attached hydrogen (secondary N) is 1. The number of imidazole rings is 1. The lowest BCUT2D eigenvalue weighted by Gasteiger charge is -2.36. The molecule has 2 heterocycles. The molecule has 0 saturated heterocycles. The summed E-state index contributed by atoms with van der Waals surface area (Å²) in [4.78, 5) is 21.4. The molecule has 1 fully saturated rings. The summed E-state index contributed by atoms with van der Waals surface area (Å²) in [7, 11) is 1.26. The molecule has 1 saturated carbocycles. The Balaban J connectivity index is 1.64. The highest BCUT2D eigenvalue weighted by atomic mass is 32.2. The molecule has 0 spiro atoms. The molecule has 1 aromatic carbocycles. The zero-order valence-corrected chi connectivity index (χ0v) is 22.5. The van der Waals surface area contributed by atoms with Crippen LogP contribution in [0, 0.1) is 11.8 Å². The van der Waals surface area contributed by atoms with Gasteiger partial charge in [0, 0.05) is 59.1 Å². The van der Waals surface area contributed by atoms with Crippen LogP contribution in [0.4, 0.5) is 5.69 Å². The minimum Gasteiger partial charge on any atom is -0.491 e. The van der Waals surface area contributed by atoms with Gasteiger partial charge < -0.3 is 18.9 Å². The molecular formula is C25H37N5O5S. The molecule has 36 heavy (non-hydrogen) atoms. The molecule has 0 unspecified atom stereocenters. The number of likely N-dealkylation sites (N-methyl/N-ethyl adjacent to an activating group) is 1. The Labute approximate surface area is 213 Å². The van der Waals surface area contributed by atoms with E-state index in [2.05, 4.69) is 28.5 Å². The Hall–Kier alpha value is -2.63. The molecular weight excluding hydrogens is 482 g/mol. The van der Waals surface area contributed by atoms with Crippen LogP contribution in [0.1, 0.15) is 37.0 Å². The lowest BCUT2D eigenvalue weighted by atomic mass is 10.0. The summed E-state index contributed by atoms with van der Waals surface area (Å²) in [5.41, 5.74) is 0.676. The van der Waals surface area contributed by atoms with Crippen LogP contribution in [-0.2, 0) is 21.8 Å². The van der Waals surface area contributed by atoms with Gasteiger partial charge in [0.15, 0.2) is 5.03 Å². The standard InChI is InChI=1S/C25H37N5O5S/c1-17-11-30(12-19-6-7-19)18(2)15-35-22-10-20(27-36(32,33)24-14-28(3)16-26-24)8-9-21(22)25(31)29(4)13-23(17)34-5/h8-10,14,16-19,23,27H,6-7,11-13,15H2,1-5H3/t17-,18-,23-/m1/s1. The number of hydrogen-bond acceptors (Lipinski definition) is 7. The molecule has 1 aliphatic carbocycles. The average Bonchev–Trinajstić information content (AvgIpc) is 3.54. The Morgan fingerprint density at radius 3 is 2.58 bits per heavy atom. The molecule has 4 rings (SSSR count). The fourth-order valence-electron chi connectivity index (χ4n) is 4.53. The lowest BCUT2D eigenvalue weighted by molar-refractivity contribution is 0.00994. The van der Waals surface area contributed by atoms with Crippen LogP contribution in [0.25, 0.3) is 0 Å². The summed E-state index contributed by atoms with van der Waals surface area (Å²) in [5.74, 6) is 1.08. The monoisotopic (exact) mass is 519 g/mol. The number of amides is 1. The predicted octanol–water partition coefficient (Wildman–Crippen LogP) is 2.44. The summed E-state index contributed by atoms with van der Waals surface area (Å²) in [5, 5.41) is -0.0847. The first-order chi connectivity index (χ1) is 17.1. The van der Waals surface area contributed by atoms with Crippen molar-refractivity contribution in [2.75, 3.05) is 45.1 Å². The quantitative estimate of drug-likeness (QED) is 0.625. The number of carbonyl (C=O) groups is 1. The van der Waals surface area contributed by atoms with Gasteiger partial charge in [0.1, 0.15) is 12.4 Å². The van der Waals surface area contributed by atoms with Crippen LogP contribution >= 0.6 is 0 Å². The molecule has 2 aliphatic rings. The van der Waals surface area contributed by atoms with Crippen molar-refractivity contribution in [1.29, 1.82) is 0 Å². The van der Waals surface area contributed by atoms with Gasteiger partial charge in [-0.15, -0.1) is 0 Å². The van der Waals surface area contributed by atoms with Crippen LogP contribution in [0.2, 0.25) is 0 Å². The highest BCUT2D eigenvalue weighted by molar-refractivity contribution is 7.92. The second kappa shape index (κ2) is 10.8. The predicted molar refractivity (Wildman–Crippen MR) is 137 cm³/mol. The van der Waals surface area contributed by atoms with Crippen LogP contribution in [0.5, 0.6) is 5.75 Å². The van der Waals surface area contributed by atoms with Crippen LogP contribution in [-0.4, -0.2) is 86.2 Å². The van der Waals surface area contributed by atoms with Gasteiger partial charge in [0.25, 0.3) is 15.9 Å². The molecule has 3 atom stereocenters. The molecule has 0 bridgehead atoms. The van der Waals surface area contributed by atoms with E-state index in [0.717, 1.165) is 19.0 Å². The van der Waals surface area contributed by atoms with E-state index in [1.807, 2.05) is 0 Å². The van der Waals surface area contributed by atoms with Crippen molar-refractivity contribution >= 4 is 21.6 Å². The van der Waals surface area contributed by atoms with E-state index in [4.69, 9.17) is 9.47 Å². The third-order valence-corrected chi connectivity index (χ3v) is 8.24. The lowest BCUT2D eigenvalue weighted by Crippen LogP contribution is -2.47. The molecule has 0 radical (unpaired) electrons. The third kappa shape index (κ3) is 6.19. The summed E-state index contributed by atoms with van der Waals surface area (Å²) in [6.07, 6.45) is 5.25. The maximum atomic E-state index is 13.4. The Kier molecular flexibility index (Phi) is 7.91. The number of carbonyl (C=O) groups excluding carboxylic acids is 1. The molecule has 1 amide bonds. The minimum absolute atomic E-state index is 0.0847. The van der Waals surface area contributed by atoms with Gasteiger partial charge in [-0.2, -0.15) is 8.42 Å². The zero-order chi connectivity index (χ0) is 26.0. The zero-order valence-electron chi connectivity index (χ0n) is 21.7. The van der Waals surface area contributed by atoms with E-state index in [1.54, 1.807) is 48.9 Å². The summed E-state index contributed by atoms with van der Waals surface area (Å²) in [6.45, 7) is 6.96. The highest BCUT2D eigenvalue weighted by Gasteiger charge is 2.32. The van der Waals surface area contributed by atoms with Crippen LogP contribution in [0.15, 0.2) is 35.7 Å². The third-order valence-electron chi connectivity index (χ3n) is 6.97. The molecule has 1 N–H and O–H groups in total. The van der Waals surface area contributed by atoms with Gasteiger partial charge in [0.05, 0.1) is 23.7 Å². The Bertz CT molecular complexity index is 1180. The topological polar surface area (TPSA) is 106 Å². The van der Waals surface area contributed by atoms with Crippen molar-refractivity contribution in [1.82, 2.24) is 19.4 Å². The number of rotatable bonds is 6. The smallest absolute Gasteiger partial charge is 0.280 e. The molecule has 10 nitrogen and oxygen atoms in total. The fourth-order valence-corrected chi connectivity index (χ4v) is 5.56. The van der Waals surface area contributed by atoms with Crippen molar-refractivity contribution in [3.8, 4) is 5.75 Å². The molecule has 1 aliphatic heterocycles. The maximum Gasteiger partial charge on any atom is 0.280 e. The molecule has 11 heteroatoms. The number of aryl methyl sites for hydroxylation is 1. The number of ether oxygens (including phenoxy) is 2. The largest absolute Gasteiger partial charge is 0.491 e. The summed E-state index contributed by atoms with van der Waals surface area (Å²) >= 11 is 0. The van der Waals surface area contributed by atoms with Gasteiger partial charge >= 0.3 is 0 Å². The number of fused-ring (bicyclic) bond motifs is 1. The molecule has 2 aromatic rings. The normalized spacial score (nSPS) is 24.4. The first-order valence-electron chi connectivity index (χ1n) is 12.4. The van der Waals surface area contributed by atoms with Crippen molar-refractivity contribution in [3.05, 3.63) is 36.3 Å². The number of nitrogens with zero attached hydrogens (tertiary/aromatic N) is 4. The summed E-state index contributed by atoms with van der Waals surface area (Å²) in [6, 6.07) is 4.86. The van der Waals surface area contributed by atoms with Crippen molar-refractivity contribution in [3.63, 3.8) is 0 Å². The van der Waals surface area contributed by atoms with E-state index in [9.17, 15) is 13.2 Å². The highest BCUT2D eigenvalue weighted by Crippen LogP contribution is 2.32. The second-order valence-electron chi connectivity index (χ2n) is 10.2. The first-order valence-corrected chi connectivity index (χ1v) is 13.9. The summed E-state index contributed by atoms with van der Waals surface area (Å²) < 4.78 is 41.7. The number of aromatic nitrogens is 2. The molecule has 198 valence electrons. The second-order valence-corrected chi connectivity index (χ2v) is 11.8. The van der Waals surface area contributed by atoms with Gasteiger partial charge in [-0.05, 0) is 43.7 Å². The SMILES string of the molecule is CO[C@@H]1CN(C)C(=O)c2ccc(NS(=O)(=O)c3cn(C)cn3)cc2OC[C@@H](C)N(CC2CC2)C[C@H]1C. The van der Waals surface area contributed by atoms with Crippen molar-refractivity contribution < 1.29 is 22.7 Å². The van der Waals surface area contributed by atoms with Gasteiger partial charge in [-0.25, -0.2) is 4.98 Å². The number of sulfonamides is 1. The number of methoxy groups -OCH3 is 1. The maximum absolute atomic E-state index is 13.4. The first kappa shape index (κ1) is 26.4. The van der Waals surface area contributed by atoms with Crippen molar-refractivity contribution in [2.24, 2.45) is 18.9 Å². The van der Waals surface area contributed by atoms with Crippen LogP contribution < -0.4 is 9.46 Å². The number of hydrogen-bond donors (Lipinski definition) is 1. The van der Waals surface area contributed by atoms with Gasteiger partial charge in [0.2, 0.25) is 0 Å². The van der Waals surface area contributed by atoms with E-state index in [-0.39, 0.29) is 29.0 Å². The van der Waals surface area contributed by atoms with Crippen LogP contribution in [0.3, 0.4) is 0 Å². The van der Waals surface area contributed by atoms with Crippen molar-refractivity contribution in [2.45, 2.75) is 43.9 Å². The van der Waals surface area contributed by atoms with E-state index in [0.29, 0.717) is 30.2 Å². The van der Waals surface area contributed by atoms with E-state index in [1.165, 1.54) is 25.4 Å². The van der Waals surface area contributed by atoms with Gasteiger partial charge in [-0.1, -0.05) is 6.92 Å². The Morgan fingerprint density at radius 2 is 1.94 bits per heavy atom. The number of benzene rings is 1. The Morgan fingerprint density at radius 1 is 1.19 bits per heavy atom. The fraction of sp³-hybridized carbons (Fsp3) is 0.600.